The molecule has 0 aromatic heterocycles. The highest BCUT2D eigenvalue weighted by atomic mass is 16.5. The first-order valence-corrected chi connectivity index (χ1v) is 15.1. The molecule has 2 fully saturated rings. The number of nitrogens with one attached hydrogen (secondary N) is 1. The van der Waals surface area contributed by atoms with Gasteiger partial charge >= 0.3 is 12.0 Å². The van der Waals surface area contributed by atoms with Crippen molar-refractivity contribution in [1.82, 2.24) is 10.2 Å². The summed E-state index contributed by atoms with van der Waals surface area (Å²) in [5.74, 6) is 0.816. The fourth-order valence-electron chi connectivity index (χ4n) is 6.28. The van der Waals surface area contributed by atoms with E-state index >= 15 is 0 Å². The summed E-state index contributed by atoms with van der Waals surface area (Å²) in [7, 11) is 0. The fourth-order valence-corrected chi connectivity index (χ4v) is 6.28. The van der Waals surface area contributed by atoms with Crippen LogP contribution in [0.4, 0.5) is 10.5 Å². The molecule has 1 heterocycles. The molecule has 3 aromatic carbocycles. The van der Waals surface area contributed by atoms with Gasteiger partial charge in [0.05, 0.1) is 19.0 Å². The van der Waals surface area contributed by atoms with E-state index in [9.17, 15) is 14.4 Å². The van der Waals surface area contributed by atoms with Gasteiger partial charge in [0.25, 0.3) is 5.91 Å². The van der Waals surface area contributed by atoms with E-state index in [0.29, 0.717) is 23.8 Å². The maximum absolute atomic E-state index is 14.1. The highest BCUT2D eigenvalue weighted by molar-refractivity contribution is 5.96. The molecule has 8 nitrogen and oxygen atoms in total. The van der Waals surface area contributed by atoms with Gasteiger partial charge in [0.1, 0.15) is 11.5 Å². The van der Waals surface area contributed by atoms with Crippen molar-refractivity contribution in [2.75, 3.05) is 18.0 Å². The minimum Gasteiger partial charge on any atom is -0.481 e. The molecule has 1 aliphatic heterocycles. The van der Waals surface area contributed by atoms with Crippen LogP contribution in [0.25, 0.3) is 0 Å². The van der Waals surface area contributed by atoms with E-state index < -0.39 is 5.97 Å². The lowest BCUT2D eigenvalue weighted by Crippen LogP contribution is -2.43. The Bertz CT molecular complexity index is 1410. The number of para-hydroxylation sites is 1. The van der Waals surface area contributed by atoms with Crippen molar-refractivity contribution >= 4 is 23.6 Å². The van der Waals surface area contributed by atoms with Gasteiger partial charge in [-0.3, -0.25) is 14.5 Å². The Hall–Kier alpha value is -4.33. The van der Waals surface area contributed by atoms with Gasteiger partial charge in [-0.25, -0.2) is 4.79 Å². The molecule has 0 spiro atoms. The van der Waals surface area contributed by atoms with Crippen molar-refractivity contribution in [3.63, 3.8) is 0 Å². The van der Waals surface area contributed by atoms with E-state index in [1.54, 1.807) is 12.1 Å². The first-order chi connectivity index (χ1) is 20.6. The molecule has 3 amide bonds. The van der Waals surface area contributed by atoms with Crippen LogP contribution >= 0.6 is 0 Å². The number of ether oxygens (including phenoxy) is 1. The molecule has 0 bridgehead atoms. The number of hydrogen-bond acceptors (Lipinski definition) is 4. The zero-order chi connectivity index (χ0) is 30.6. The second kappa shape index (κ2) is 12.9. The maximum atomic E-state index is 14.1. The van der Waals surface area contributed by atoms with Gasteiger partial charge in [-0.1, -0.05) is 51.1 Å². The molecule has 1 atom stereocenters. The molecule has 1 saturated heterocycles. The first kappa shape index (κ1) is 30.1. The monoisotopic (exact) mass is 583 g/mol. The molecule has 3 aromatic rings. The molecular formula is C35H41N3O5. The van der Waals surface area contributed by atoms with Gasteiger partial charge in [0.2, 0.25) is 0 Å². The lowest BCUT2D eigenvalue weighted by Gasteiger charge is -2.41. The molecule has 1 aliphatic carbocycles. The summed E-state index contributed by atoms with van der Waals surface area (Å²) in [5, 5.41) is 11.5. The molecule has 0 radical (unpaired) electrons. The number of benzene rings is 3. The van der Waals surface area contributed by atoms with Crippen LogP contribution in [0, 0.1) is 11.3 Å². The van der Waals surface area contributed by atoms with Gasteiger partial charge in [0, 0.05) is 23.8 Å². The Labute approximate surface area is 253 Å². The second-order valence-electron chi connectivity index (χ2n) is 12.6. The van der Waals surface area contributed by atoms with E-state index in [1.165, 1.54) is 0 Å². The maximum Gasteiger partial charge on any atom is 0.325 e. The van der Waals surface area contributed by atoms with Gasteiger partial charge in [-0.15, -0.1) is 0 Å². The van der Waals surface area contributed by atoms with Crippen LogP contribution in [-0.2, 0) is 4.79 Å². The van der Waals surface area contributed by atoms with Crippen molar-refractivity contribution in [3.05, 3.63) is 90.0 Å². The van der Waals surface area contributed by atoms with Crippen LogP contribution in [0.2, 0.25) is 0 Å². The largest absolute Gasteiger partial charge is 0.481 e. The number of amides is 3. The van der Waals surface area contributed by atoms with E-state index in [4.69, 9.17) is 9.84 Å². The first-order valence-electron chi connectivity index (χ1n) is 15.1. The van der Waals surface area contributed by atoms with E-state index in [2.05, 4.69) is 31.0 Å². The quantitative estimate of drug-likeness (QED) is 0.276. The number of urea groups is 1. The molecule has 2 N–H and O–H groups in total. The number of carboxylic acid groups (broad SMARTS) is 1. The smallest absolute Gasteiger partial charge is 0.325 e. The third-order valence-corrected chi connectivity index (χ3v) is 8.77. The normalized spacial score (nSPS) is 20.6. The predicted octanol–water partition coefficient (Wildman–Crippen LogP) is 7.27. The van der Waals surface area contributed by atoms with Gasteiger partial charge < -0.3 is 20.1 Å². The summed E-state index contributed by atoms with van der Waals surface area (Å²) < 4.78 is 5.96. The standard InChI is InChI=1S/C35H41N3O5/c1-35(2,3)26-13-15-28(16-14-26)38-31(24-9-11-25(12-10-24)33(41)36-22-21-32(39)40)23-37(34(38)42)27-17-19-30(20-18-27)43-29-7-5-4-6-8-29/h4-12,17-20,26,28,31H,13-16,21-23H2,1-3H3,(H,36,41)(H,39,40). The van der Waals surface area contributed by atoms with Crippen LogP contribution in [0.1, 0.15) is 74.8 Å². The Morgan fingerprint density at radius 2 is 1.51 bits per heavy atom. The van der Waals surface area contributed by atoms with Crippen molar-refractivity contribution in [3.8, 4) is 11.5 Å². The highest BCUT2D eigenvalue weighted by Crippen LogP contribution is 2.43. The Balaban J connectivity index is 1.35. The summed E-state index contributed by atoms with van der Waals surface area (Å²) in [6, 6.07) is 24.5. The number of rotatable bonds is 9. The zero-order valence-electron chi connectivity index (χ0n) is 25.2. The number of aliphatic carboxylic acids is 1. The number of carbonyl (C=O) groups is 3. The molecule has 43 heavy (non-hydrogen) atoms. The number of carbonyl (C=O) groups excluding carboxylic acids is 2. The third kappa shape index (κ3) is 7.19. The SMILES string of the molecule is CC(C)(C)C1CCC(N2C(=O)N(c3ccc(Oc4ccccc4)cc3)CC2c2ccc(C(=O)NCCC(=O)O)cc2)CC1. The minimum absolute atomic E-state index is 0.00331. The average molecular weight is 584 g/mol. The summed E-state index contributed by atoms with van der Waals surface area (Å²) >= 11 is 0. The summed E-state index contributed by atoms with van der Waals surface area (Å²) in [6.07, 6.45) is 3.98. The molecule has 226 valence electrons. The molecule has 2 aliphatic rings. The van der Waals surface area contributed by atoms with Crippen molar-refractivity contribution in [1.29, 1.82) is 0 Å². The van der Waals surface area contributed by atoms with Crippen LogP contribution in [0.15, 0.2) is 78.9 Å². The van der Waals surface area contributed by atoms with Gasteiger partial charge in [-0.05, 0) is 91.1 Å². The highest BCUT2D eigenvalue weighted by Gasteiger charge is 2.44. The van der Waals surface area contributed by atoms with Crippen LogP contribution in [0.3, 0.4) is 0 Å². The predicted molar refractivity (Wildman–Crippen MR) is 167 cm³/mol. The van der Waals surface area contributed by atoms with E-state index in [-0.39, 0.29) is 42.4 Å². The number of anilines is 1. The van der Waals surface area contributed by atoms with Gasteiger partial charge in [0.15, 0.2) is 0 Å². The molecule has 1 unspecified atom stereocenters. The summed E-state index contributed by atoms with van der Waals surface area (Å²) in [6.45, 7) is 7.47. The van der Waals surface area contributed by atoms with E-state index in [1.807, 2.05) is 71.6 Å². The number of hydrogen-bond donors (Lipinski definition) is 2. The fraction of sp³-hybridized carbons (Fsp3) is 0.400. The third-order valence-electron chi connectivity index (χ3n) is 8.77. The topological polar surface area (TPSA) is 99.2 Å². The Kier molecular flexibility index (Phi) is 9.04. The molecule has 8 heteroatoms. The average Bonchev–Trinajstić information content (AvgIpc) is 3.34. The van der Waals surface area contributed by atoms with Crippen LogP contribution in [-0.4, -0.2) is 47.0 Å². The zero-order valence-corrected chi connectivity index (χ0v) is 25.2. The second-order valence-corrected chi connectivity index (χ2v) is 12.6. The van der Waals surface area contributed by atoms with Crippen LogP contribution in [0.5, 0.6) is 11.5 Å². The summed E-state index contributed by atoms with van der Waals surface area (Å²) in [4.78, 5) is 41.3. The molecule has 5 rings (SSSR count). The number of nitrogens with zero attached hydrogens (tertiary/aromatic N) is 2. The van der Waals surface area contributed by atoms with E-state index in [0.717, 1.165) is 42.7 Å². The molecule has 1 saturated carbocycles. The Morgan fingerprint density at radius 1 is 0.884 bits per heavy atom. The minimum atomic E-state index is -0.957. The van der Waals surface area contributed by atoms with Crippen molar-refractivity contribution in [2.45, 2.75) is 65.0 Å². The Morgan fingerprint density at radius 3 is 2.12 bits per heavy atom. The summed E-state index contributed by atoms with van der Waals surface area (Å²) in [5.41, 5.74) is 2.49. The molecular weight excluding hydrogens is 542 g/mol. The van der Waals surface area contributed by atoms with Crippen molar-refractivity contribution in [2.24, 2.45) is 11.3 Å². The number of carboxylic acids is 1. The van der Waals surface area contributed by atoms with Gasteiger partial charge in [-0.2, -0.15) is 0 Å². The van der Waals surface area contributed by atoms with Crippen LogP contribution < -0.4 is 15.0 Å². The lowest BCUT2D eigenvalue weighted by molar-refractivity contribution is -0.136. The van der Waals surface area contributed by atoms with Crippen molar-refractivity contribution < 1.29 is 24.2 Å². The lowest BCUT2D eigenvalue weighted by atomic mass is 9.71.